The number of hydrogen-bond acceptors (Lipinski definition) is 3. The highest BCUT2D eigenvalue weighted by atomic mass is 32.2. The minimum Gasteiger partial charge on any atom is -0.507 e. The molecule has 0 aliphatic carbocycles. The van der Waals surface area contributed by atoms with Gasteiger partial charge in [0.25, 0.3) is 0 Å². The first-order valence-electron chi connectivity index (χ1n) is 5.78. The van der Waals surface area contributed by atoms with Gasteiger partial charge in [0.15, 0.2) is 0 Å². The minimum atomic E-state index is -0.909. The predicted molar refractivity (Wildman–Crippen MR) is 74.8 cm³/mol. The predicted octanol–water partition coefficient (Wildman–Crippen LogP) is 3.39. The lowest BCUT2D eigenvalue weighted by Gasteiger charge is -2.23. The Kier molecular flexibility index (Phi) is 3.94. The van der Waals surface area contributed by atoms with Crippen molar-refractivity contribution in [1.29, 1.82) is 0 Å². The summed E-state index contributed by atoms with van der Waals surface area (Å²) in [6.45, 7) is 1.79. The van der Waals surface area contributed by atoms with Gasteiger partial charge in [0.1, 0.15) is 5.75 Å². The van der Waals surface area contributed by atoms with Gasteiger partial charge in [-0.2, -0.15) is 0 Å². The van der Waals surface area contributed by atoms with Crippen LogP contribution in [-0.2, 0) is 5.60 Å². The summed E-state index contributed by atoms with van der Waals surface area (Å²) in [6.07, 6.45) is 0. The van der Waals surface area contributed by atoms with E-state index in [1.165, 1.54) is 11.8 Å². The highest BCUT2D eigenvalue weighted by molar-refractivity contribution is 7.99. The standard InChI is InChI=1S/C15H16O2S/c1-15(17,12-7-3-2-4-8-12)11-18-14-10-6-5-9-13(14)16/h2-10,16-17H,11H2,1H3. The molecule has 0 aromatic heterocycles. The summed E-state index contributed by atoms with van der Waals surface area (Å²) < 4.78 is 0. The van der Waals surface area contributed by atoms with E-state index in [0.29, 0.717) is 5.75 Å². The van der Waals surface area contributed by atoms with Crippen LogP contribution in [0.4, 0.5) is 0 Å². The van der Waals surface area contributed by atoms with Gasteiger partial charge in [-0.1, -0.05) is 42.5 Å². The fourth-order valence-corrected chi connectivity index (χ4v) is 2.67. The Bertz CT molecular complexity index is 509. The zero-order valence-electron chi connectivity index (χ0n) is 10.2. The Balaban J connectivity index is 2.08. The highest BCUT2D eigenvalue weighted by Gasteiger charge is 2.23. The van der Waals surface area contributed by atoms with Crippen LogP contribution >= 0.6 is 11.8 Å². The molecule has 0 saturated carbocycles. The smallest absolute Gasteiger partial charge is 0.129 e. The molecule has 2 nitrogen and oxygen atoms in total. The van der Waals surface area contributed by atoms with Crippen LogP contribution in [0.25, 0.3) is 0 Å². The van der Waals surface area contributed by atoms with E-state index in [4.69, 9.17) is 0 Å². The number of benzene rings is 2. The van der Waals surface area contributed by atoms with Crippen LogP contribution in [0.5, 0.6) is 5.75 Å². The molecule has 0 heterocycles. The number of phenols is 1. The molecule has 0 fully saturated rings. The second kappa shape index (κ2) is 5.46. The van der Waals surface area contributed by atoms with Crippen LogP contribution < -0.4 is 0 Å². The normalized spacial score (nSPS) is 14.1. The van der Waals surface area contributed by atoms with Gasteiger partial charge in [0.2, 0.25) is 0 Å². The number of aliphatic hydroxyl groups is 1. The first kappa shape index (κ1) is 13.0. The summed E-state index contributed by atoms with van der Waals surface area (Å²) >= 11 is 1.45. The van der Waals surface area contributed by atoms with Crippen LogP contribution in [0.1, 0.15) is 12.5 Å². The zero-order chi connectivity index (χ0) is 13.0. The Morgan fingerprint density at radius 2 is 1.61 bits per heavy atom. The molecule has 0 aliphatic rings. The van der Waals surface area contributed by atoms with E-state index in [-0.39, 0.29) is 5.75 Å². The molecule has 2 aromatic rings. The zero-order valence-corrected chi connectivity index (χ0v) is 11.0. The fraction of sp³-hybridized carbons (Fsp3) is 0.200. The van der Waals surface area contributed by atoms with Crippen molar-refractivity contribution >= 4 is 11.8 Å². The maximum absolute atomic E-state index is 10.4. The van der Waals surface area contributed by atoms with Crippen molar-refractivity contribution in [2.24, 2.45) is 0 Å². The number of thioether (sulfide) groups is 1. The molecular formula is C15H16O2S. The van der Waals surface area contributed by atoms with Crippen molar-refractivity contribution in [2.45, 2.75) is 17.4 Å². The summed E-state index contributed by atoms with van der Waals surface area (Å²) in [4.78, 5) is 0.786. The first-order valence-corrected chi connectivity index (χ1v) is 6.77. The van der Waals surface area contributed by atoms with E-state index in [0.717, 1.165) is 10.5 Å². The average molecular weight is 260 g/mol. The molecule has 2 aromatic carbocycles. The maximum Gasteiger partial charge on any atom is 0.129 e. The van der Waals surface area contributed by atoms with Crippen molar-refractivity contribution in [2.75, 3.05) is 5.75 Å². The van der Waals surface area contributed by atoms with Crippen LogP contribution in [0.3, 0.4) is 0 Å². The molecule has 0 bridgehead atoms. The maximum atomic E-state index is 10.4. The number of para-hydroxylation sites is 1. The van der Waals surface area contributed by atoms with Gasteiger partial charge in [-0.3, -0.25) is 0 Å². The summed E-state index contributed by atoms with van der Waals surface area (Å²) in [6, 6.07) is 16.7. The molecule has 3 heteroatoms. The highest BCUT2D eigenvalue weighted by Crippen LogP contribution is 2.33. The van der Waals surface area contributed by atoms with E-state index in [2.05, 4.69) is 0 Å². The average Bonchev–Trinajstić information content (AvgIpc) is 2.39. The van der Waals surface area contributed by atoms with Crippen molar-refractivity contribution in [3.8, 4) is 5.75 Å². The van der Waals surface area contributed by atoms with E-state index < -0.39 is 5.60 Å². The molecule has 18 heavy (non-hydrogen) atoms. The third-order valence-corrected chi connectivity index (χ3v) is 4.13. The molecule has 2 rings (SSSR count). The molecule has 2 N–H and O–H groups in total. The summed E-state index contributed by atoms with van der Waals surface area (Å²) in [5.41, 5.74) is -0.0262. The summed E-state index contributed by atoms with van der Waals surface area (Å²) in [7, 11) is 0. The Labute approximate surface area is 111 Å². The fourth-order valence-electron chi connectivity index (χ4n) is 1.68. The topological polar surface area (TPSA) is 40.5 Å². The van der Waals surface area contributed by atoms with Crippen LogP contribution in [0.2, 0.25) is 0 Å². The number of rotatable bonds is 4. The van der Waals surface area contributed by atoms with Gasteiger partial charge in [-0.15, -0.1) is 11.8 Å². The molecule has 1 atom stereocenters. The quantitative estimate of drug-likeness (QED) is 0.828. The molecule has 0 saturated heterocycles. The molecule has 94 valence electrons. The molecule has 0 amide bonds. The van der Waals surface area contributed by atoms with Gasteiger partial charge in [-0.25, -0.2) is 0 Å². The first-order chi connectivity index (χ1) is 8.59. The Morgan fingerprint density at radius 3 is 2.28 bits per heavy atom. The van der Waals surface area contributed by atoms with E-state index in [1.807, 2.05) is 42.5 Å². The monoisotopic (exact) mass is 260 g/mol. The summed E-state index contributed by atoms with van der Waals surface area (Å²) in [5.74, 6) is 0.751. The molecule has 0 radical (unpaired) electrons. The molecule has 0 spiro atoms. The lowest BCUT2D eigenvalue weighted by Crippen LogP contribution is -2.24. The third-order valence-electron chi connectivity index (χ3n) is 2.77. The van der Waals surface area contributed by atoms with Crippen molar-refractivity contribution in [3.63, 3.8) is 0 Å². The van der Waals surface area contributed by atoms with Crippen molar-refractivity contribution in [1.82, 2.24) is 0 Å². The molecule has 1 unspecified atom stereocenters. The second-order valence-corrected chi connectivity index (χ2v) is 5.41. The van der Waals surface area contributed by atoms with Crippen molar-refractivity contribution in [3.05, 3.63) is 60.2 Å². The molecular weight excluding hydrogens is 244 g/mol. The second-order valence-electron chi connectivity index (χ2n) is 4.40. The van der Waals surface area contributed by atoms with E-state index in [9.17, 15) is 10.2 Å². The van der Waals surface area contributed by atoms with Gasteiger partial charge in [0.05, 0.1) is 5.60 Å². The largest absolute Gasteiger partial charge is 0.507 e. The van der Waals surface area contributed by atoms with Crippen LogP contribution in [-0.4, -0.2) is 16.0 Å². The van der Waals surface area contributed by atoms with Crippen LogP contribution in [0.15, 0.2) is 59.5 Å². The Morgan fingerprint density at radius 1 is 1.00 bits per heavy atom. The van der Waals surface area contributed by atoms with Gasteiger partial charge in [-0.05, 0) is 24.6 Å². The number of phenolic OH excluding ortho intramolecular Hbond substituents is 1. The molecule has 0 aliphatic heterocycles. The number of aromatic hydroxyl groups is 1. The Hall–Kier alpha value is -1.45. The lowest BCUT2D eigenvalue weighted by atomic mass is 9.99. The summed E-state index contributed by atoms with van der Waals surface area (Å²) in [5, 5.41) is 20.1. The lowest BCUT2D eigenvalue weighted by molar-refractivity contribution is 0.0839. The SMILES string of the molecule is CC(O)(CSc1ccccc1O)c1ccccc1. The van der Waals surface area contributed by atoms with Gasteiger partial charge in [0, 0.05) is 10.6 Å². The van der Waals surface area contributed by atoms with Gasteiger partial charge < -0.3 is 10.2 Å². The van der Waals surface area contributed by atoms with E-state index >= 15 is 0 Å². The van der Waals surface area contributed by atoms with Crippen molar-refractivity contribution < 1.29 is 10.2 Å². The minimum absolute atomic E-state index is 0.256. The van der Waals surface area contributed by atoms with E-state index in [1.54, 1.807) is 19.1 Å². The number of hydrogen-bond donors (Lipinski definition) is 2. The van der Waals surface area contributed by atoms with Crippen LogP contribution in [0, 0.1) is 0 Å². The third kappa shape index (κ3) is 3.06. The van der Waals surface area contributed by atoms with Gasteiger partial charge >= 0.3 is 0 Å².